The summed E-state index contributed by atoms with van der Waals surface area (Å²) in [7, 11) is 0. The molecule has 2 aromatic rings. The van der Waals surface area contributed by atoms with Crippen LogP contribution in [0.5, 0.6) is 0 Å². The van der Waals surface area contributed by atoms with Crippen molar-refractivity contribution in [3.8, 4) is 5.69 Å². The van der Waals surface area contributed by atoms with Crippen molar-refractivity contribution in [3.05, 3.63) is 46.5 Å². The smallest absolute Gasteiger partial charge is 0.155 e. The third kappa shape index (κ3) is 2.68. The Balaban J connectivity index is 2.50. The maximum absolute atomic E-state index is 13.7. The van der Waals surface area contributed by atoms with Gasteiger partial charge in [0.15, 0.2) is 6.29 Å². The predicted octanol–water partition coefficient (Wildman–Crippen LogP) is 3.82. The molecule has 0 bridgehead atoms. The van der Waals surface area contributed by atoms with E-state index in [-0.39, 0.29) is 10.8 Å². The molecule has 19 heavy (non-hydrogen) atoms. The predicted molar refractivity (Wildman–Crippen MR) is 72.5 cm³/mol. The van der Waals surface area contributed by atoms with Gasteiger partial charge in [0.2, 0.25) is 0 Å². The first-order valence-electron chi connectivity index (χ1n) is 6.16. The average Bonchev–Trinajstić information content (AvgIpc) is 2.73. The zero-order valence-corrected chi connectivity index (χ0v) is 11.3. The Bertz CT molecular complexity index is 595. The Morgan fingerprint density at radius 2 is 2.16 bits per heavy atom. The fourth-order valence-corrected chi connectivity index (χ4v) is 2.16. The van der Waals surface area contributed by atoms with Crippen LogP contribution in [0.15, 0.2) is 24.3 Å². The minimum absolute atomic E-state index is 0.159. The van der Waals surface area contributed by atoms with Crippen molar-refractivity contribution in [1.82, 2.24) is 9.78 Å². The van der Waals surface area contributed by atoms with Crippen molar-refractivity contribution in [2.45, 2.75) is 26.2 Å². The van der Waals surface area contributed by atoms with Crippen molar-refractivity contribution in [2.75, 3.05) is 0 Å². The molecule has 5 heteroatoms. The Morgan fingerprint density at radius 1 is 1.42 bits per heavy atom. The Hall–Kier alpha value is -1.68. The van der Waals surface area contributed by atoms with Gasteiger partial charge in [-0.25, -0.2) is 9.07 Å². The van der Waals surface area contributed by atoms with Gasteiger partial charge in [0.25, 0.3) is 0 Å². The Morgan fingerprint density at radius 3 is 2.79 bits per heavy atom. The second-order valence-electron chi connectivity index (χ2n) is 4.24. The highest BCUT2D eigenvalue weighted by Gasteiger charge is 2.18. The van der Waals surface area contributed by atoms with Crippen LogP contribution in [0.3, 0.4) is 0 Å². The molecule has 0 fully saturated rings. The molecule has 0 unspecified atom stereocenters. The van der Waals surface area contributed by atoms with Gasteiger partial charge < -0.3 is 0 Å². The van der Waals surface area contributed by atoms with Gasteiger partial charge in [-0.15, -0.1) is 0 Å². The molecule has 3 nitrogen and oxygen atoms in total. The van der Waals surface area contributed by atoms with E-state index in [4.69, 9.17) is 11.6 Å². The van der Waals surface area contributed by atoms with Crippen LogP contribution in [0, 0.1) is 5.82 Å². The number of nitrogens with zero attached hydrogens (tertiary/aromatic N) is 2. The number of unbranched alkanes of at least 4 members (excludes halogenated alkanes) is 1. The second kappa shape index (κ2) is 5.97. The van der Waals surface area contributed by atoms with Crippen LogP contribution >= 0.6 is 11.6 Å². The lowest BCUT2D eigenvalue weighted by Gasteiger charge is -2.03. The normalized spacial score (nSPS) is 10.7. The van der Waals surface area contributed by atoms with E-state index in [0.29, 0.717) is 24.0 Å². The zero-order valence-electron chi connectivity index (χ0n) is 10.6. The molecule has 0 amide bonds. The molecule has 0 aliphatic rings. The number of hydrogen-bond donors (Lipinski definition) is 0. The molecule has 1 aromatic carbocycles. The standard InChI is InChI=1S/C14H14ClFN2O/c1-2-3-7-12-10(9-19)14(15)18(17-12)13-8-5-4-6-11(13)16/h4-6,8-9H,2-3,7H2,1H3. The molecule has 2 rings (SSSR count). The van der Waals surface area contributed by atoms with E-state index < -0.39 is 5.82 Å². The van der Waals surface area contributed by atoms with Crippen molar-refractivity contribution < 1.29 is 9.18 Å². The molecular weight excluding hydrogens is 267 g/mol. The largest absolute Gasteiger partial charge is 0.298 e. The van der Waals surface area contributed by atoms with Crippen LogP contribution in [0.1, 0.15) is 35.8 Å². The number of aryl methyl sites for hydroxylation is 1. The van der Waals surface area contributed by atoms with Crippen LogP contribution < -0.4 is 0 Å². The van der Waals surface area contributed by atoms with Crippen molar-refractivity contribution >= 4 is 17.9 Å². The van der Waals surface area contributed by atoms with E-state index in [2.05, 4.69) is 12.0 Å². The van der Waals surface area contributed by atoms with E-state index in [1.165, 1.54) is 10.7 Å². The van der Waals surface area contributed by atoms with Crippen molar-refractivity contribution in [1.29, 1.82) is 0 Å². The molecule has 0 aliphatic heterocycles. The van der Waals surface area contributed by atoms with Crippen LogP contribution in [0.25, 0.3) is 5.69 Å². The molecule has 0 aliphatic carbocycles. The quantitative estimate of drug-likeness (QED) is 0.781. The van der Waals surface area contributed by atoms with E-state index in [1.54, 1.807) is 18.2 Å². The molecular formula is C14H14ClFN2O. The lowest BCUT2D eigenvalue weighted by atomic mass is 10.1. The van der Waals surface area contributed by atoms with E-state index in [0.717, 1.165) is 12.8 Å². The van der Waals surface area contributed by atoms with Gasteiger partial charge in [0.05, 0.1) is 11.3 Å². The topological polar surface area (TPSA) is 34.9 Å². The number of aromatic nitrogens is 2. The number of rotatable bonds is 5. The fraction of sp³-hybridized carbons (Fsp3) is 0.286. The molecule has 0 saturated carbocycles. The second-order valence-corrected chi connectivity index (χ2v) is 4.59. The summed E-state index contributed by atoms with van der Waals surface area (Å²) in [6.07, 6.45) is 3.23. The van der Waals surface area contributed by atoms with Gasteiger partial charge in [0, 0.05) is 0 Å². The first kappa shape index (κ1) is 13.7. The van der Waals surface area contributed by atoms with Crippen LogP contribution in [-0.2, 0) is 6.42 Å². The van der Waals surface area contributed by atoms with Gasteiger partial charge >= 0.3 is 0 Å². The SMILES string of the molecule is CCCCc1nn(-c2ccccc2F)c(Cl)c1C=O. The summed E-state index contributed by atoms with van der Waals surface area (Å²) in [4.78, 5) is 11.1. The first-order valence-corrected chi connectivity index (χ1v) is 6.54. The highest BCUT2D eigenvalue weighted by Crippen LogP contribution is 2.24. The number of halogens is 2. The molecule has 0 N–H and O–H groups in total. The van der Waals surface area contributed by atoms with Crippen LogP contribution in [0.4, 0.5) is 4.39 Å². The minimum Gasteiger partial charge on any atom is -0.298 e. The summed E-state index contributed by atoms with van der Waals surface area (Å²) in [6.45, 7) is 2.05. The molecule has 0 atom stereocenters. The first-order chi connectivity index (χ1) is 9.19. The van der Waals surface area contributed by atoms with Crippen molar-refractivity contribution in [2.24, 2.45) is 0 Å². The highest BCUT2D eigenvalue weighted by molar-refractivity contribution is 6.32. The van der Waals surface area contributed by atoms with E-state index in [9.17, 15) is 9.18 Å². The number of carbonyl (C=O) groups excluding carboxylic acids is 1. The van der Waals surface area contributed by atoms with E-state index in [1.807, 2.05) is 0 Å². The lowest BCUT2D eigenvalue weighted by molar-refractivity contribution is 0.112. The van der Waals surface area contributed by atoms with E-state index >= 15 is 0 Å². The monoisotopic (exact) mass is 280 g/mol. The summed E-state index contributed by atoms with van der Waals surface area (Å²) in [5.41, 5.74) is 1.21. The van der Waals surface area contributed by atoms with Gasteiger partial charge in [-0.05, 0) is 25.0 Å². The molecule has 100 valence electrons. The Labute approximate surface area is 116 Å². The van der Waals surface area contributed by atoms with Gasteiger partial charge in [-0.3, -0.25) is 4.79 Å². The van der Waals surface area contributed by atoms with Crippen LogP contribution in [-0.4, -0.2) is 16.1 Å². The summed E-state index contributed by atoms with van der Waals surface area (Å²) in [6, 6.07) is 6.20. The molecule has 0 radical (unpaired) electrons. The number of benzene rings is 1. The zero-order chi connectivity index (χ0) is 13.8. The summed E-state index contributed by atoms with van der Waals surface area (Å²) in [5.74, 6) is -0.425. The summed E-state index contributed by atoms with van der Waals surface area (Å²) in [5, 5.41) is 4.42. The third-order valence-corrected chi connectivity index (χ3v) is 3.27. The summed E-state index contributed by atoms with van der Waals surface area (Å²) >= 11 is 6.12. The fourth-order valence-electron chi connectivity index (χ4n) is 1.88. The number of carbonyl (C=O) groups is 1. The lowest BCUT2D eigenvalue weighted by Crippen LogP contribution is -2.00. The number of para-hydroxylation sites is 1. The maximum Gasteiger partial charge on any atom is 0.155 e. The number of hydrogen-bond acceptors (Lipinski definition) is 2. The molecule has 0 spiro atoms. The van der Waals surface area contributed by atoms with Crippen LogP contribution in [0.2, 0.25) is 5.15 Å². The Kier molecular flexibility index (Phi) is 4.32. The molecule has 0 saturated heterocycles. The molecule has 1 heterocycles. The number of aldehydes is 1. The highest BCUT2D eigenvalue weighted by atomic mass is 35.5. The summed E-state index contributed by atoms with van der Waals surface area (Å²) < 4.78 is 15.0. The maximum atomic E-state index is 13.7. The third-order valence-electron chi connectivity index (χ3n) is 2.91. The van der Waals surface area contributed by atoms with Crippen molar-refractivity contribution in [3.63, 3.8) is 0 Å². The van der Waals surface area contributed by atoms with Gasteiger partial charge in [-0.1, -0.05) is 37.1 Å². The van der Waals surface area contributed by atoms with Gasteiger partial charge in [-0.2, -0.15) is 5.10 Å². The van der Waals surface area contributed by atoms with Gasteiger partial charge in [0.1, 0.15) is 16.7 Å². The minimum atomic E-state index is -0.425. The average molecular weight is 281 g/mol. The molecule has 1 aromatic heterocycles.